The van der Waals surface area contributed by atoms with Gasteiger partial charge in [-0.25, -0.2) is 0 Å². The molecule has 0 N–H and O–H groups in total. The minimum absolute atomic E-state index is 0.791. The van der Waals surface area contributed by atoms with E-state index in [9.17, 15) is 0 Å². The van der Waals surface area contributed by atoms with E-state index in [-0.39, 0.29) is 0 Å². The van der Waals surface area contributed by atoms with E-state index in [4.69, 9.17) is 16.3 Å². The SMILES string of the molecule is COc1ccc(-c2c(Cl)c3ccccc3c3c2c2ccccc2n3C)cc1. The van der Waals surface area contributed by atoms with Gasteiger partial charge in [0, 0.05) is 39.7 Å². The van der Waals surface area contributed by atoms with Crippen molar-refractivity contribution in [3.05, 3.63) is 77.8 Å². The molecule has 0 saturated carbocycles. The Morgan fingerprint density at radius 3 is 2.11 bits per heavy atom. The fourth-order valence-electron chi connectivity index (χ4n) is 4.12. The summed E-state index contributed by atoms with van der Waals surface area (Å²) in [5.74, 6) is 0.838. The number of benzene rings is 4. The van der Waals surface area contributed by atoms with Crippen LogP contribution in [-0.2, 0) is 7.05 Å². The van der Waals surface area contributed by atoms with Gasteiger partial charge in [-0.05, 0) is 23.8 Å². The summed E-state index contributed by atoms with van der Waals surface area (Å²) in [4.78, 5) is 0. The Kier molecular flexibility index (Phi) is 3.63. The van der Waals surface area contributed by atoms with E-state index in [0.717, 1.165) is 27.3 Å². The Labute approximate surface area is 162 Å². The first-order valence-electron chi connectivity index (χ1n) is 8.92. The maximum absolute atomic E-state index is 7.00. The number of halogens is 1. The first kappa shape index (κ1) is 16.2. The van der Waals surface area contributed by atoms with Crippen molar-refractivity contribution in [2.45, 2.75) is 0 Å². The Bertz CT molecular complexity index is 1320. The molecule has 4 aromatic carbocycles. The van der Waals surface area contributed by atoms with Crippen molar-refractivity contribution in [2.75, 3.05) is 7.11 Å². The van der Waals surface area contributed by atoms with Gasteiger partial charge in [0.05, 0.1) is 17.6 Å². The molecule has 0 unspecified atom stereocenters. The van der Waals surface area contributed by atoms with Gasteiger partial charge in [-0.3, -0.25) is 0 Å². The van der Waals surface area contributed by atoms with Gasteiger partial charge in [0.1, 0.15) is 5.75 Å². The molecule has 0 aliphatic rings. The molecule has 5 rings (SSSR count). The van der Waals surface area contributed by atoms with Crippen LogP contribution in [-0.4, -0.2) is 11.7 Å². The molecule has 0 radical (unpaired) electrons. The zero-order chi connectivity index (χ0) is 18.5. The van der Waals surface area contributed by atoms with Crippen molar-refractivity contribution in [1.82, 2.24) is 4.57 Å². The van der Waals surface area contributed by atoms with Crippen LogP contribution in [0.2, 0.25) is 5.02 Å². The molecule has 0 saturated heterocycles. The molecule has 0 fully saturated rings. The monoisotopic (exact) mass is 371 g/mol. The van der Waals surface area contributed by atoms with Gasteiger partial charge in [0.15, 0.2) is 0 Å². The first-order chi connectivity index (χ1) is 13.2. The number of rotatable bonds is 2. The highest BCUT2D eigenvalue weighted by molar-refractivity contribution is 6.43. The van der Waals surface area contributed by atoms with E-state index in [1.165, 1.54) is 27.2 Å². The summed E-state index contributed by atoms with van der Waals surface area (Å²) in [6, 6.07) is 25.0. The van der Waals surface area contributed by atoms with Crippen molar-refractivity contribution < 1.29 is 4.74 Å². The van der Waals surface area contributed by atoms with E-state index < -0.39 is 0 Å². The second-order valence-corrected chi connectivity index (χ2v) is 7.14. The molecule has 27 heavy (non-hydrogen) atoms. The summed E-state index contributed by atoms with van der Waals surface area (Å²) in [6.07, 6.45) is 0. The van der Waals surface area contributed by atoms with Crippen LogP contribution < -0.4 is 4.74 Å². The molecule has 0 aliphatic heterocycles. The van der Waals surface area contributed by atoms with Crippen molar-refractivity contribution in [2.24, 2.45) is 7.05 Å². The fourth-order valence-corrected chi connectivity index (χ4v) is 4.48. The van der Waals surface area contributed by atoms with Gasteiger partial charge in [0.25, 0.3) is 0 Å². The predicted molar refractivity (Wildman–Crippen MR) is 115 cm³/mol. The normalized spacial score (nSPS) is 11.5. The Morgan fingerprint density at radius 1 is 0.778 bits per heavy atom. The van der Waals surface area contributed by atoms with Crippen LogP contribution in [0.1, 0.15) is 0 Å². The van der Waals surface area contributed by atoms with E-state index in [1.54, 1.807) is 7.11 Å². The van der Waals surface area contributed by atoms with E-state index in [2.05, 4.69) is 66.2 Å². The number of aromatic nitrogens is 1. The molecule has 0 spiro atoms. The number of fused-ring (bicyclic) bond motifs is 5. The minimum atomic E-state index is 0.791. The second-order valence-electron chi connectivity index (χ2n) is 6.76. The van der Waals surface area contributed by atoms with E-state index in [0.29, 0.717) is 0 Å². The van der Waals surface area contributed by atoms with Gasteiger partial charge >= 0.3 is 0 Å². The van der Waals surface area contributed by atoms with Gasteiger partial charge in [0.2, 0.25) is 0 Å². The van der Waals surface area contributed by atoms with Gasteiger partial charge < -0.3 is 9.30 Å². The summed E-state index contributed by atoms with van der Waals surface area (Å²) in [6.45, 7) is 0. The van der Waals surface area contributed by atoms with Crippen LogP contribution in [0.25, 0.3) is 43.7 Å². The van der Waals surface area contributed by atoms with Gasteiger partial charge in [-0.15, -0.1) is 0 Å². The number of methoxy groups -OCH3 is 1. The lowest BCUT2D eigenvalue weighted by molar-refractivity contribution is 0.415. The smallest absolute Gasteiger partial charge is 0.118 e. The number of para-hydroxylation sites is 1. The number of nitrogens with zero attached hydrogens (tertiary/aromatic N) is 1. The highest BCUT2D eigenvalue weighted by atomic mass is 35.5. The molecule has 5 aromatic rings. The van der Waals surface area contributed by atoms with E-state index in [1.807, 2.05) is 18.2 Å². The van der Waals surface area contributed by atoms with Crippen LogP contribution in [0.4, 0.5) is 0 Å². The van der Waals surface area contributed by atoms with Crippen molar-refractivity contribution in [1.29, 1.82) is 0 Å². The fraction of sp³-hybridized carbons (Fsp3) is 0.0833. The summed E-state index contributed by atoms with van der Waals surface area (Å²) < 4.78 is 7.60. The average molecular weight is 372 g/mol. The third-order valence-corrected chi connectivity index (χ3v) is 5.77. The third kappa shape index (κ3) is 2.27. The van der Waals surface area contributed by atoms with Crippen molar-refractivity contribution >= 4 is 44.2 Å². The van der Waals surface area contributed by atoms with Gasteiger partial charge in [-0.2, -0.15) is 0 Å². The summed E-state index contributed by atoms with van der Waals surface area (Å²) in [5, 5.41) is 5.45. The molecule has 0 amide bonds. The molecule has 1 heterocycles. The minimum Gasteiger partial charge on any atom is -0.497 e. The number of ether oxygens (including phenoxy) is 1. The summed E-state index contributed by atoms with van der Waals surface area (Å²) in [5.41, 5.74) is 4.58. The molecule has 0 atom stereocenters. The van der Waals surface area contributed by atoms with Crippen LogP contribution in [0.15, 0.2) is 72.8 Å². The van der Waals surface area contributed by atoms with Crippen LogP contribution in [0, 0.1) is 0 Å². The molecular formula is C24H18ClNO. The molecular weight excluding hydrogens is 354 g/mol. The first-order valence-corrected chi connectivity index (χ1v) is 9.30. The molecule has 0 aliphatic carbocycles. The largest absolute Gasteiger partial charge is 0.497 e. The second kappa shape index (κ2) is 6.04. The quantitative estimate of drug-likeness (QED) is 0.332. The highest BCUT2D eigenvalue weighted by Gasteiger charge is 2.20. The highest BCUT2D eigenvalue weighted by Crippen LogP contribution is 2.45. The Balaban J connectivity index is 2.04. The zero-order valence-electron chi connectivity index (χ0n) is 15.2. The number of aryl methyl sites for hydroxylation is 1. The predicted octanol–water partition coefficient (Wildman–Crippen LogP) is 6.81. The average Bonchev–Trinajstić information content (AvgIpc) is 3.02. The lowest BCUT2D eigenvalue weighted by Gasteiger charge is -2.13. The zero-order valence-corrected chi connectivity index (χ0v) is 15.9. The van der Waals surface area contributed by atoms with Crippen LogP contribution in [0.3, 0.4) is 0 Å². The topological polar surface area (TPSA) is 14.2 Å². The summed E-state index contributed by atoms with van der Waals surface area (Å²) in [7, 11) is 3.81. The van der Waals surface area contributed by atoms with Gasteiger partial charge in [-0.1, -0.05) is 66.2 Å². The number of hydrogen-bond acceptors (Lipinski definition) is 1. The molecule has 0 bridgehead atoms. The molecule has 132 valence electrons. The van der Waals surface area contributed by atoms with Crippen molar-refractivity contribution in [3.63, 3.8) is 0 Å². The molecule has 3 heteroatoms. The lowest BCUT2D eigenvalue weighted by Crippen LogP contribution is -1.91. The van der Waals surface area contributed by atoms with Crippen LogP contribution in [0.5, 0.6) is 5.75 Å². The standard InChI is InChI=1S/C24H18ClNO/c1-26-20-10-6-5-9-19(20)22-21(15-11-13-16(27-2)14-12-15)23(25)17-7-3-4-8-18(17)24(22)26/h3-14H,1-2H3. The van der Waals surface area contributed by atoms with Crippen LogP contribution >= 0.6 is 11.6 Å². The molecule has 1 aromatic heterocycles. The molecule has 2 nitrogen and oxygen atoms in total. The maximum Gasteiger partial charge on any atom is 0.118 e. The summed E-state index contributed by atoms with van der Waals surface area (Å²) >= 11 is 7.00. The third-order valence-electron chi connectivity index (χ3n) is 5.37. The Morgan fingerprint density at radius 2 is 1.41 bits per heavy atom. The van der Waals surface area contributed by atoms with E-state index >= 15 is 0 Å². The Hall–Kier alpha value is -2.97. The lowest BCUT2D eigenvalue weighted by atomic mass is 9.95. The number of hydrogen-bond donors (Lipinski definition) is 0. The van der Waals surface area contributed by atoms with Crippen molar-refractivity contribution in [3.8, 4) is 16.9 Å². The maximum atomic E-state index is 7.00.